The Labute approximate surface area is 181 Å². The van der Waals surface area contributed by atoms with E-state index in [0.29, 0.717) is 30.4 Å². The standard InChI is InChI=1S/C23H23N5OS/c1-3-29-21-11-9-20(10-12-21)28-22(19-8-4-6-17(2)14-19)26-27-23(28)30-16-18(15-25)7-5-13-24/h4,6,8-12,14,18H,3,5,7,16H2,1-2H3/t18-/m1/s1. The Bertz CT molecular complexity index is 1060. The van der Waals surface area contributed by atoms with Gasteiger partial charge in [-0.2, -0.15) is 10.5 Å². The van der Waals surface area contributed by atoms with E-state index in [1.54, 1.807) is 0 Å². The first-order chi connectivity index (χ1) is 14.7. The van der Waals surface area contributed by atoms with Gasteiger partial charge in [0.25, 0.3) is 0 Å². The fourth-order valence-corrected chi connectivity index (χ4v) is 4.04. The molecule has 1 heterocycles. The molecule has 0 spiro atoms. The van der Waals surface area contributed by atoms with Gasteiger partial charge < -0.3 is 4.74 Å². The molecule has 3 rings (SSSR count). The normalized spacial score (nSPS) is 11.5. The lowest BCUT2D eigenvalue weighted by Crippen LogP contribution is -2.04. The van der Waals surface area contributed by atoms with Gasteiger partial charge in [-0.25, -0.2) is 0 Å². The molecule has 0 amide bonds. The van der Waals surface area contributed by atoms with E-state index in [4.69, 9.17) is 10.00 Å². The number of aromatic nitrogens is 3. The van der Waals surface area contributed by atoms with Crippen LogP contribution in [0.1, 0.15) is 25.3 Å². The summed E-state index contributed by atoms with van der Waals surface area (Å²) in [5, 5.41) is 27.8. The molecule has 30 heavy (non-hydrogen) atoms. The minimum Gasteiger partial charge on any atom is -0.494 e. The fourth-order valence-electron chi connectivity index (χ4n) is 3.02. The predicted molar refractivity (Wildman–Crippen MR) is 117 cm³/mol. The third-order valence-corrected chi connectivity index (χ3v) is 5.61. The summed E-state index contributed by atoms with van der Waals surface area (Å²) in [7, 11) is 0. The summed E-state index contributed by atoms with van der Waals surface area (Å²) >= 11 is 1.49. The van der Waals surface area contributed by atoms with Gasteiger partial charge >= 0.3 is 0 Å². The molecule has 0 unspecified atom stereocenters. The van der Waals surface area contributed by atoms with Gasteiger partial charge in [0.05, 0.1) is 24.7 Å². The van der Waals surface area contributed by atoms with Crippen molar-refractivity contribution in [2.45, 2.75) is 31.8 Å². The number of nitriles is 2. The number of rotatable bonds is 9. The molecule has 6 nitrogen and oxygen atoms in total. The number of thioether (sulfide) groups is 1. The highest BCUT2D eigenvalue weighted by atomic mass is 32.2. The van der Waals surface area contributed by atoms with Gasteiger partial charge in [0, 0.05) is 23.4 Å². The fraction of sp³-hybridized carbons (Fsp3) is 0.304. The van der Waals surface area contributed by atoms with Gasteiger partial charge in [-0.1, -0.05) is 35.5 Å². The number of nitrogens with zero attached hydrogens (tertiary/aromatic N) is 5. The van der Waals surface area contributed by atoms with Gasteiger partial charge in [0.2, 0.25) is 0 Å². The van der Waals surface area contributed by atoms with Crippen molar-refractivity contribution in [3.63, 3.8) is 0 Å². The molecule has 0 radical (unpaired) electrons. The maximum absolute atomic E-state index is 9.38. The molecule has 0 aliphatic carbocycles. The van der Waals surface area contributed by atoms with E-state index in [0.717, 1.165) is 28.4 Å². The van der Waals surface area contributed by atoms with Crippen molar-refractivity contribution >= 4 is 11.8 Å². The van der Waals surface area contributed by atoms with Crippen LogP contribution in [0.2, 0.25) is 0 Å². The minimum absolute atomic E-state index is 0.206. The zero-order valence-electron chi connectivity index (χ0n) is 17.1. The van der Waals surface area contributed by atoms with Gasteiger partial charge in [-0.05, 0) is 50.6 Å². The number of aryl methyl sites for hydroxylation is 1. The van der Waals surface area contributed by atoms with Crippen molar-refractivity contribution in [1.29, 1.82) is 10.5 Å². The van der Waals surface area contributed by atoms with Crippen LogP contribution >= 0.6 is 11.8 Å². The molecule has 7 heteroatoms. The van der Waals surface area contributed by atoms with E-state index in [2.05, 4.69) is 28.4 Å². The first kappa shape index (κ1) is 21.4. The van der Waals surface area contributed by atoms with Crippen molar-refractivity contribution in [2.75, 3.05) is 12.4 Å². The zero-order chi connectivity index (χ0) is 21.3. The number of benzene rings is 2. The largest absolute Gasteiger partial charge is 0.494 e. The average molecular weight is 418 g/mol. The molecule has 0 bridgehead atoms. The van der Waals surface area contributed by atoms with Crippen molar-refractivity contribution in [2.24, 2.45) is 5.92 Å². The summed E-state index contributed by atoms with van der Waals surface area (Å²) in [6.45, 7) is 4.61. The lowest BCUT2D eigenvalue weighted by atomic mass is 10.1. The van der Waals surface area contributed by atoms with Gasteiger partial charge in [-0.15, -0.1) is 10.2 Å². The van der Waals surface area contributed by atoms with Crippen LogP contribution in [0.15, 0.2) is 53.7 Å². The predicted octanol–water partition coefficient (Wildman–Crippen LogP) is 5.18. The molecule has 0 saturated heterocycles. The molecule has 1 aromatic heterocycles. The number of ether oxygens (including phenoxy) is 1. The SMILES string of the molecule is CCOc1ccc(-n2c(SC[C@@H](C#N)CCC#N)nnc2-c2cccc(C)c2)cc1. The van der Waals surface area contributed by atoms with E-state index >= 15 is 0 Å². The summed E-state index contributed by atoms with van der Waals surface area (Å²) < 4.78 is 7.57. The highest BCUT2D eigenvalue weighted by molar-refractivity contribution is 7.99. The Morgan fingerprint density at radius 3 is 2.60 bits per heavy atom. The van der Waals surface area contributed by atoms with Crippen molar-refractivity contribution in [3.05, 3.63) is 54.1 Å². The molecule has 0 aliphatic heterocycles. The Morgan fingerprint density at radius 1 is 1.13 bits per heavy atom. The molecular formula is C23H23N5OS. The monoisotopic (exact) mass is 417 g/mol. The van der Waals surface area contributed by atoms with Crippen LogP contribution in [0.5, 0.6) is 5.75 Å². The second kappa shape index (κ2) is 10.5. The van der Waals surface area contributed by atoms with Gasteiger partial charge in [0.1, 0.15) is 5.75 Å². The van der Waals surface area contributed by atoms with E-state index in [-0.39, 0.29) is 5.92 Å². The Morgan fingerprint density at radius 2 is 1.93 bits per heavy atom. The molecule has 0 aliphatic rings. The summed E-state index contributed by atoms with van der Waals surface area (Å²) in [6, 6.07) is 20.4. The third kappa shape index (κ3) is 5.20. The molecule has 1 atom stereocenters. The summed E-state index contributed by atoms with van der Waals surface area (Å²) in [5.41, 5.74) is 3.04. The van der Waals surface area contributed by atoms with Crippen molar-refractivity contribution < 1.29 is 4.74 Å². The first-order valence-corrected chi connectivity index (χ1v) is 10.8. The molecule has 0 saturated carbocycles. The van der Waals surface area contributed by atoms with Crippen molar-refractivity contribution in [1.82, 2.24) is 14.8 Å². The molecule has 0 N–H and O–H groups in total. The maximum atomic E-state index is 9.38. The van der Waals surface area contributed by atoms with Crippen LogP contribution in [-0.2, 0) is 0 Å². The van der Waals surface area contributed by atoms with E-state index in [1.165, 1.54) is 11.8 Å². The smallest absolute Gasteiger partial charge is 0.196 e. The number of hydrogen-bond donors (Lipinski definition) is 0. The second-order valence-corrected chi connectivity index (χ2v) is 7.76. The summed E-state index contributed by atoms with van der Waals surface area (Å²) in [5.74, 6) is 1.90. The van der Waals surface area contributed by atoms with Crippen LogP contribution in [-0.4, -0.2) is 27.1 Å². The van der Waals surface area contributed by atoms with Crippen LogP contribution in [0.3, 0.4) is 0 Å². The molecule has 152 valence electrons. The minimum atomic E-state index is -0.206. The zero-order valence-corrected chi connectivity index (χ0v) is 17.9. The molecule has 0 fully saturated rings. The lowest BCUT2D eigenvalue weighted by Gasteiger charge is -2.12. The lowest BCUT2D eigenvalue weighted by molar-refractivity contribution is 0.340. The first-order valence-electron chi connectivity index (χ1n) is 9.81. The Kier molecular flexibility index (Phi) is 7.48. The topological polar surface area (TPSA) is 87.5 Å². The Hall–Kier alpha value is -3.29. The van der Waals surface area contributed by atoms with Crippen LogP contribution in [0.4, 0.5) is 0 Å². The second-order valence-electron chi connectivity index (χ2n) is 6.77. The van der Waals surface area contributed by atoms with Gasteiger partial charge in [-0.3, -0.25) is 4.57 Å². The third-order valence-electron chi connectivity index (χ3n) is 4.52. The summed E-state index contributed by atoms with van der Waals surface area (Å²) in [4.78, 5) is 0. The molecular weight excluding hydrogens is 394 g/mol. The van der Waals surface area contributed by atoms with E-state index in [1.807, 2.05) is 60.9 Å². The average Bonchev–Trinajstić information content (AvgIpc) is 3.19. The summed E-state index contributed by atoms with van der Waals surface area (Å²) in [6.07, 6.45) is 0.931. The Balaban J connectivity index is 1.96. The van der Waals surface area contributed by atoms with Gasteiger partial charge in [0.15, 0.2) is 11.0 Å². The highest BCUT2D eigenvalue weighted by Crippen LogP contribution is 2.30. The van der Waals surface area contributed by atoms with Crippen LogP contribution in [0, 0.1) is 35.5 Å². The van der Waals surface area contributed by atoms with Crippen LogP contribution < -0.4 is 4.74 Å². The molecule has 2 aromatic carbocycles. The van der Waals surface area contributed by atoms with E-state index in [9.17, 15) is 5.26 Å². The molecule has 3 aromatic rings. The highest BCUT2D eigenvalue weighted by Gasteiger charge is 2.18. The van der Waals surface area contributed by atoms with Crippen LogP contribution in [0.25, 0.3) is 17.1 Å². The van der Waals surface area contributed by atoms with E-state index < -0.39 is 0 Å². The number of hydrogen-bond acceptors (Lipinski definition) is 6. The van der Waals surface area contributed by atoms with Crippen molar-refractivity contribution in [3.8, 4) is 35.0 Å². The quantitative estimate of drug-likeness (QED) is 0.446. The maximum Gasteiger partial charge on any atom is 0.196 e.